The molecule has 1 aliphatic heterocycles. The Hall–Kier alpha value is -0.910. The zero-order chi connectivity index (χ0) is 15.8. The minimum absolute atomic E-state index is 0.0385. The number of hydrogen-bond acceptors (Lipinski definition) is 3. The fourth-order valence-corrected chi connectivity index (χ4v) is 5.01. The maximum Gasteiger partial charge on any atom is 0.241 e. The summed E-state index contributed by atoms with van der Waals surface area (Å²) in [7, 11) is -3.49. The number of rotatable bonds is 3. The molecule has 0 radical (unpaired) electrons. The highest BCUT2D eigenvalue weighted by atomic mass is 32.2. The van der Waals surface area contributed by atoms with Gasteiger partial charge in [0.25, 0.3) is 0 Å². The van der Waals surface area contributed by atoms with Crippen molar-refractivity contribution in [2.24, 2.45) is 0 Å². The van der Waals surface area contributed by atoms with E-state index in [0.717, 1.165) is 41.6 Å². The lowest BCUT2D eigenvalue weighted by atomic mass is 10.0. The van der Waals surface area contributed by atoms with E-state index in [2.05, 4.69) is 16.1 Å². The van der Waals surface area contributed by atoms with Crippen LogP contribution in [-0.4, -0.2) is 27.0 Å². The van der Waals surface area contributed by atoms with Crippen LogP contribution in [0.4, 0.5) is 0 Å². The third-order valence-electron chi connectivity index (χ3n) is 4.63. The van der Waals surface area contributed by atoms with E-state index in [0.29, 0.717) is 4.90 Å². The molecule has 0 spiro atoms. The Morgan fingerprint density at radius 2 is 1.71 bits per heavy atom. The summed E-state index contributed by atoms with van der Waals surface area (Å²) in [5.74, 6) is 0. The zero-order valence-electron chi connectivity index (χ0n) is 13.6. The van der Waals surface area contributed by atoms with Gasteiger partial charge < -0.3 is 5.32 Å². The molecule has 4 nitrogen and oxygen atoms in total. The van der Waals surface area contributed by atoms with E-state index in [1.807, 2.05) is 34.6 Å². The largest absolute Gasteiger partial charge is 0.313 e. The average molecular weight is 310 g/mol. The monoisotopic (exact) mass is 310 g/mol. The van der Waals surface area contributed by atoms with Crippen LogP contribution in [0.2, 0.25) is 0 Å². The molecule has 2 unspecified atom stereocenters. The fraction of sp³-hybridized carbons (Fsp3) is 0.625. The Morgan fingerprint density at radius 3 is 2.24 bits per heavy atom. The van der Waals surface area contributed by atoms with E-state index in [1.165, 1.54) is 0 Å². The first-order valence-corrected chi connectivity index (χ1v) is 9.05. The minimum Gasteiger partial charge on any atom is -0.313 e. The molecule has 21 heavy (non-hydrogen) atoms. The van der Waals surface area contributed by atoms with Crippen LogP contribution < -0.4 is 10.0 Å². The van der Waals surface area contributed by atoms with Crippen molar-refractivity contribution in [3.63, 3.8) is 0 Å². The van der Waals surface area contributed by atoms with Gasteiger partial charge in [0.05, 0.1) is 4.90 Å². The molecular formula is C16H26N2O2S. The molecular weight excluding hydrogens is 284 g/mol. The van der Waals surface area contributed by atoms with E-state index >= 15 is 0 Å². The Morgan fingerprint density at radius 1 is 1.14 bits per heavy atom. The van der Waals surface area contributed by atoms with E-state index in [-0.39, 0.29) is 12.1 Å². The maximum atomic E-state index is 12.9. The lowest BCUT2D eigenvalue weighted by molar-refractivity contribution is 0.348. The van der Waals surface area contributed by atoms with Crippen molar-refractivity contribution in [2.75, 3.05) is 6.54 Å². The summed E-state index contributed by atoms with van der Waals surface area (Å²) >= 11 is 0. The number of hydrogen-bond donors (Lipinski definition) is 2. The summed E-state index contributed by atoms with van der Waals surface area (Å²) < 4.78 is 28.6. The summed E-state index contributed by atoms with van der Waals surface area (Å²) in [5, 5.41) is 3.33. The smallest absolute Gasteiger partial charge is 0.241 e. The van der Waals surface area contributed by atoms with Gasteiger partial charge in [0.2, 0.25) is 10.0 Å². The van der Waals surface area contributed by atoms with Crippen LogP contribution in [0.3, 0.4) is 0 Å². The van der Waals surface area contributed by atoms with E-state index in [1.54, 1.807) is 0 Å². The first-order chi connectivity index (χ1) is 9.74. The summed E-state index contributed by atoms with van der Waals surface area (Å²) in [5.41, 5.74) is 3.74. The molecule has 0 amide bonds. The van der Waals surface area contributed by atoms with Crippen molar-refractivity contribution in [1.29, 1.82) is 0 Å². The van der Waals surface area contributed by atoms with Gasteiger partial charge in [0.15, 0.2) is 0 Å². The van der Waals surface area contributed by atoms with E-state index in [9.17, 15) is 8.42 Å². The Labute approximate surface area is 128 Å². The second-order valence-electron chi connectivity index (χ2n) is 6.20. The molecule has 5 heteroatoms. The summed E-state index contributed by atoms with van der Waals surface area (Å²) in [6.45, 7) is 10.7. The molecule has 0 bridgehead atoms. The van der Waals surface area contributed by atoms with Crippen LogP contribution in [0.15, 0.2) is 11.0 Å². The third kappa shape index (κ3) is 3.30. The molecule has 1 aliphatic rings. The van der Waals surface area contributed by atoms with Crippen molar-refractivity contribution in [3.05, 3.63) is 28.3 Å². The number of benzene rings is 1. The number of piperidine rings is 1. The van der Waals surface area contributed by atoms with Gasteiger partial charge >= 0.3 is 0 Å². The minimum atomic E-state index is -3.49. The van der Waals surface area contributed by atoms with Crippen molar-refractivity contribution in [3.8, 4) is 0 Å². The SMILES string of the molecule is Cc1cc(C)c(C)c(S(=O)(=O)NC2CCCNC2C)c1C. The molecule has 0 aliphatic carbocycles. The van der Waals surface area contributed by atoms with Gasteiger partial charge in [-0.25, -0.2) is 13.1 Å². The van der Waals surface area contributed by atoms with Crippen LogP contribution in [0, 0.1) is 27.7 Å². The highest BCUT2D eigenvalue weighted by Crippen LogP contribution is 2.26. The van der Waals surface area contributed by atoms with Crippen LogP contribution in [0.5, 0.6) is 0 Å². The van der Waals surface area contributed by atoms with Crippen LogP contribution in [0.1, 0.15) is 42.0 Å². The zero-order valence-corrected chi connectivity index (χ0v) is 14.4. The molecule has 1 heterocycles. The molecule has 1 aromatic carbocycles. The van der Waals surface area contributed by atoms with Gasteiger partial charge in [-0.2, -0.15) is 0 Å². The Balaban J connectivity index is 2.40. The molecule has 1 fully saturated rings. The second-order valence-corrected chi connectivity index (χ2v) is 7.85. The van der Waals surface area contributed by atoms with Gasteiger partial charge in [0, 0.05) is 12.1 Å². The molecule has 1 saturated heterocycles. The van der Waals surface area contributed by atoms with Crippen molar-refractivity contribution in [2.45, 2.75) is 64.4 Å². The first kappa shape index (κ1) is 16.5. The quantitative estimate of drug-likeness (QED) is 0.901. The van der Waals surface area contributed by atoms with Crippen molar-refractivity contribution in [1.82, 2.24) is 10.0 Å². The maximum absolute atomic E-state index is 12.9. The number of aryl methyl sites for hydroxylation is 2. The second kappa shape index (κ2) is 6.07. The molecule has 118 valence electrons. The van der Waals surface area contributed by atoms with Crippen molar-refractivity contribution >= 4 is 10.0 Å². The molecule has 2 atom stereocenters. The van der Waals surface area contributed by atoms with Crippen LogP contribution in [-0.2, 0) is 10.0 Å². The number of nitrogens with one attached hydrogen (secondary N) is 2. The summed E-state index contributed by atoms with van der Waals surface area (Å²) in [6, 6.07) is 2.18. The highest BCUT2D eigenvalue weighted by molar-refractivity contribution is 7.89. The van der Waals surface area contributed by atoms with Gasteiger partial charge in [-0.15, -0.1) is 0 Å². The number of sulfonamides is 1. The molecule has 2 rings (SSSR count). The molecule has 2 N–H and O–H groups in total. The Kier molecular flexibility index (Phi) is 4.76. The highest BCUT2D eigenvalue weighted by Gasteiger charge is 2.29. The summed E-state index contributed by atoms with van der Waals surface area (Å²) in [6.07, 6.45) is 1.89. The average Bonchev–Trinajstić information content (AvgIpc) is 2.39. The van der Waals surface area contributed by atoms with Gasteiger partial charge in [0.1, 0.15) is 0 Å². The molecule has 1 aromatic rings. The molecule has 0 saturated carbocycles. The van der Waals surface area contributed by atoms with Crippen LogP contribution in [0.25, 0.3) is 0 Å². The van der Waals surface area contributed by atoms with Gasteiger partial charge in [-0.05, 0) is 76.3 Å². The first-order valence-electron chi connectivity index (χ1n) is 7.57. The van der Waals surface area contributed by atoms with Gasteiger partial charge in [-0.3, -0.25) is 0 Å². The predicted octanol–water partition coefficient (Wildman–Crippen LogP) is 2.34. The standard InChI is InChI=1S/C16H26N2O2S/c1-10-9-11(2)13(4)16(12(10)3)21(19,20)18-15-7-6-8-17-14(15)5/h9,14-15,17-18H,6-8H2,1-5H3. The fourth-order valence-electron chi connectivity index (χ4n) is 3.05. The summed E-state index contributed by atoms with van der Waals surface area (Å²) in [4.78, 5) is 0.456. The third-order valence-corrected chi connectivity index (χ3v) is 6.40. The van der Waals surface area contributed by atoms with Gasteiger partial charge in [-0.1, -0.05) is 6.07 Å². The van der Waals surface area contributed by atoms with Crippen molar-refractivity contribution < 1.29 is 8.42 Å². The topological polar surface area (TPSA) is 58.2 Å². The van der Waals surface area contributed by atoms with Crippen LogP contribution >= 0.6 is 0 Å². The van der Waals surface area contributed by atoms with E-state index in [4.69, 9.17) is 0 Å². The molecule has 0 aromatic heterocycles. The Bertz CT molecular complexity index is 612. The lowest BCUT2D eigenvalue weighted by Gasteiger charge is -2.31. The normalized spacial score (nSPS) is 23.3. The van der Waals surface area contributed by atoms with E-state index < -0.39 is 10.0 Å². The predicted molar refractivity (Wildman–Crippen MR) is 86.2 cm³/mol. The lowest BCUT2D eigenvalue weighted by Crippen LogP contribution is -2.51.